The smallest absolute Gasteiger partial charge is 0.748 e. The molecule has 0 aliphatic rings. The van der Waals surface area contributed by atoms with Crippen LogP contribution in [0.5, 0.6) is 0 Å². The maximum Gasteiger partial charge on any atom is 1.00 e. The molecule has 0 bridgehead atoms. The zero-order valence-electron chi connectivity index (χ0n) is 23.9. The van der Waals surface area contributed by atoms with Crippen LogP contribution in [0, 0.1) is 0 Å². The minimum Gasteiger partial charge on any atom is -0.748 e. The van der Waals surface area contributed by atoms with Gasteiger partial charge in [0.1, 0.15) is 0 Å². The number of hydrogen-bond acceptors (Lipinski definition) is 3. The summed E-state index contributed by atoms with van der Waals surface area (Å²) in [4.78, 5) is 0. The second kappa shape index (κ2) is 30.9. The van der Waals surface area contributed by atoms with E-state index in [9.17, 15) is 13.0 Å². The van der Waals surface area contributed by atoms with Gasteiger partial charge in [0.05, 0.1) is 10.1 Å². The van der Waals surface area contributed by atoms with Crippen molar-refractivity contribution in [1.82, 2.24) is 0 Å². The molecule has 0 N–H and O–H groups in total. The summed E-state index contributed by atoms with van der Waals surface area (Å²) in [7, 11) is -4.01. The standard InChI is InChI=1S/C30H60O3S.Na/c1-2-3-4-5-6-7-8-9-10-11-12-13-14-15-16-17-18-19-20-21-22-23-24-25-26-27-28-29-30-34(31,32)33;/h15-16H,2-14,17-30H2,1H3,(H,31,32,33);/q;+1/p-1. The fraction of sp³-hybridized carbons (Fsp3) is 0.933. The van der Waals surface area contributed by atoms with Crippen molar-refractivity contribution in [3.63, 3.8) is 0 Å². The largest absolute Gasteiger partial charge is 1.00 e. The topological polar surface area (TPSA) is 57.2 Å². The first-order chi connectivity index (χ1) is 16.6. The Bertz CT molecular complexity index is 520. The maximum atomic E-state index is 10.5. The van der Waals surface area contributed by atoms with Gasteiger partial charge in [0, 0.05) is 5.75 Å². The summed E-state index contributed by atoms with van der Waals surface area (Å²) in [6.07, 6.45) is 38.8. The average Bonchev–Trinajstić information content (AvgIpc) is 2.80. The minimum atomic E-state index is -4.01. The van der Waals surface area contributed by atoms with E-state index in [1.165, 1.54) is 148 Å². The molecule has 0 radical (unpaired) electrons. The van der Waals surface area contributed by atoms with Gasteiger partial charge in [-0.05, 0) is 32.1 Å². The molecule has 204 valence electrons. The molecule has 0 aromatic rings. The molecular weight excluding hydrogens is 463 g/mol. The molecule has 0 rings (SSSR count). The van der Waals surface area contributed by atoms with Gasteiger partial charge in [0.2, 0.25) is 0 Å². The zero-order valence-corrected chi connectivity index (χ0v) is 26.7. The Morgan fingerprint density at radius 3 is 1.00 bits per heavy atom. The summed E-state index contributed by atoms with van der Waals surface area (Å²) in [6, 6.07) is 0. The van der Waals surface area contributed by atoms with Gasteiger partial charge in [-0.2, -0.15) is 0 Å². The van der Waals surface area contributed by atoms with Gasteiger partial charge in [-0.1, -0.05) is 154 Å². The van der Waals surface area contributed by atoms with Gasteiger partial charge in [0.25, 0.3) is 0 Å². The van der Waals surface area contributed by atoms with Crippen molar-refractivity contribution >= 4 is 10.1 Å². The summed E-state index contributed by atoms with van der Waals surface area (Å²) in [5, 5.41) is 0. The van der Waals surface area contributed by atoms with Crippen LogP contribution < -0.4 is 29.6 Å². The van der Waals surface area contributed by atoms with Crippen LogP contribution in [0.25, 0.3) is 0 Å². The maximum absolute atomic E-state index is 10.5. The Morgan fingerprint density at radius 1 is 0.457 bits per heavy atom. The molecule has 0 heterocycles. The molecule has 0 fully saturated rings. The quantitative estimate of drug-likeness (QED) is 0.0470. The van der Waals surface area contributed by atoms with E-state index in [4.69, 9.17) is 0 Å². The van der Waals surface area contributed by atoms with Crippen LogP contribution in [0.2, 0.25) is 0 Å². The van der Waals surface area contributed by atoms with Crippen LogP contribution in [0.3, 0.4) is 0 Å². The average molecular weight is 523 g/mol. The number of unbranched alkanes of at least 4 members (excludes halogenated alkanes) is 24. The van der Waals surface area contributed by atoms with Gasteiger partial charge in [-0.3, -0.25) is 0 Å². The zero-order chi connectivity index (χ0) is 25.0. The predicted octanol–water partition coefficient (Wildman–Crippen LogP) is 7.25. The molecule has 0 saturated carbocycles. The van der Waals surface area contributed by atoms with Gasteiger partial charge in [-0.25, -0.2) is 8.42 Å². The molecule has 0 aliphatic heterocycles. The second-order valence-electron chi connectivity index (χ2n) is 10.4. The number of allylic oxidation sites excluding steroid dienone is 2. The molecule has 3 nitrogen and oxygen atoms in total. The van der Waals surface area contributed by atoms with Crippen LogP contribution in [0.1, 0.15) is 174 Å². The molecule has 0 spiro atoms. The summed E-state index contributed by atoms with van der Waals surface area (Å²) in [5.74, 6) is -0.192. The molecular formula is C30H59NaO3S. The normalized spacial score (nSPS) is 11.8. The monoisotopic (exact) mass is 522 g/mol. The van der Waals surface area contributed by atoms with Crippen molar-refractivity contribution in [2.45, 2.75) is 174 Å². The van der Waals surface area contributed by atoms with Crippen LogP contribution in [-0.2, 0) is 10.1 Å². The SMILES string of the molecule is CCCCCCCCCCCCCCC=CCCCCCCCCCCCCCCS(=O)(=O)[O-].[Na+]. The van der Waals surface area contributed by atoms with Crippen LogP contribution in [-0.4, -0.2) is 18.7 Å². The van der Waals surface area contributed by atoms with E-state index in [1.54, 1.807) is 0 Å². The second-order valence-corrected chi connectivity index (χ2v) is 12.0. The Morgan fingerprint density at radius 2 is 0.714 bits per heavy atom. The van der Waals surface area contributed by atoms with E-state index in [0.717, 1.165) is 12.8 Å². The summed E-state index contributed by atoms with van der Waals surface area (Å²) >= 11 is 0. The molecule has 5 heteroatoms. The van der Waals surface area contributed by atoms with E-state index in [1.807, 2.05) is 0 Å². The molecule has 0 amide bonds. The van der Waals surface area contributed by atoms with Crippen molar-refractivity contribution < 1.29 is 42.5 Å². The molecule has 0 unspecified atom stereocenters. The molecule has 0 saturated heterocycles. The Kier molecular flexibility index (Phi) is 33.3. The van der Waals surface area contributed by atoms with Crippen molar-refractivity contribution in [1.29, 1.82) is 0 Å². The van der Waals surface area contributed by atoms with Crippen molar-refractivity contribution in [2.24, 2.45) is 0 Å². The third-order valence-corrected chi connectivity index (χ3v) is 7.69. The first kappa shape index (κ1) is 37.8. The minimum absolute atomic E-state index is 0. The van der Waals surface area contributed by atoms with Crippen molar-refractivity contribution in [3.05, 3.63) is 12.2 Å². The van der Waals surface area contributed by atoms with Crippen molar-refractivity contribution in [3.8, 4) is 0 Å². The van der Waals surface area contributed by atoms with Crippen LogP contribution in [0.15, 0.2) is 12.2 Å². The molecule has 0 aromatic carbocycles. The van der Waals surface area contributed by atoms with Crippen LogP contribution in [0.4, 0.5) is 0 Å². The number of rotatable bonds is 28. The van der Waals surface area contributed by atoms with Crippen LogP contribution >= 0.6 is 0 Å². The molecule has 0 atom stereocenters. The van der Waals surface area contributed by atoms with Gasteiger partial charge < -0.3 is 4.55 Å². The van der Waals surface area contributed by atoms with E-state index < -0.39 is 10.1 Å². The van der Waals surface area contributed by atoms with E-state index in [-0.39, 0.29) is 35.3 Å². The third kappa shape index (κ3) is 36.9. The summed E-state index contributed by atoms with van der Waals surface area (Å²) in [5.41, 5.74) is 0. The summed E-state index contributed by atoms with van der Waals surface area (Å²) < 4.78 is 31.6. The fourth-order valence-corrected chi connectivity index (χ4v) is 5.21. The van der Waals surface area contributed by atoms with Crippen molar-refractivity contribution in [2.75, 3.05) is 5.75 Å². The Hall–Kier alpha value is 0.650. The molecule has 0 aromatic heterocycles. The fourth-order valence-electron chi connectivity index (χ4n) is 4.65. The van der Waals surface area contributed by atoms with Gasteiger partial charge in [-0.15, -0.1) is 0 Å². The Labute approximate surface area is 243 Å². The molecule has 0 aliphatic carbocycles. The Balaban J connectivity index is 0. The number of hydrogen-bond donors (Lipinski definition) is 0. The van der Waals surface area contributed by atoms with E-state index in [2.05, 4.69) is 19.1 Å². The van der Waals surface area contributed by atoms with E-state index >= 15 is 0 Å². The van der Waals surface area contributed by atoms with E-state index in [0.29, 0.717) is 6.42 Å². The molecule has 35 heavy (non-hydrogen) atoms. The van der Waals surface area contributed by atoms with Gasteiger partial charge in [0.15, 0.2) is 0 Å². The first-order valence-electron chi connectivity index (χ1n) is 15.1. The van der Waals surface area contributed by atoms with Gasteiger partial charge >= 0.3 is 29.6 Å². The predicted molar refractivity (Wildman–Crippen MR) is 149 cm³/mol. The third-order valence-electron chi connectivity index (χ3n) is 6.91. The summed E-state index contributed by atoms with van der Waals surface area (Å²) in [6.45, 7) is 2.29. The first-order valence-corrected chi connectivity index (χ1v) is 16.7.